The lowest BCUT2D eigenvalue weighted by Gasteiger charge is -2.20. The minimum atomic E-state index is -0.620. The van der Waals surface area contributed by atoms with Gasteiger partial charge in [-0.3, -0.25) is 9.59 Å². The molecule has 0 aliphatic heterocycles. The second-order valence-corrected chi connectivity index (χ2v) is 8.83. The average molecular weight is 400 g/mol. The van der Waals surface area contributed by atoms with Crippen molar-refractivity contribution in [1.82, 2.24) is 10.3 Å². The number of hydrogen-bond donors (Lipinski definition) is 2. The smallest absolute Gasteiger partial charge is 0.251 e. The molecule has 0 bridgehead atoms. The number of rotatable bonds is 7. The number of carbonyl (C=O) groups is 2. The van der Waals surface area contributed by atoms with Gasteiger partial charge in [0.2, 0.25) is 5.91 Å². The highest BCUT2D eigenvalue weighted by atomic mass is 32.2. The van der Waals surface area contributed by atoms with Crippen LogP contribution in [-0.4, -0.2) is 34.8 Å². The molecule has 2 rings (SSSR count). The maximum absolute atomic E-state index is 12.7. The molecule has 0 saturated heterocycles. The summed E-state index contributed by atoms with van der Waals surface area (Å²) in [4.78, 5) is 29.5. The van der Waals surface area contributed by atoms with Crippen LogP contribution in [0.4, 0.5) is 5.82 Å². The van der Waals surface area contributed by atoms with Crippen LogP contribution in [0.2, 0.25) is 0 Å². The summed E-state index contributed by atoms with van der Waals surface area (Å²) in [6, 6.07) is 10.6. The largest absolute Gasteiger partial charge is 0.340 e. The molecule has 1 heterocycles. The van der Waals surface area contributed by atoms with Crippen molar-refractivity contribution < 1.29 is 9.59 Å². The first-order valence-corrected chi connectivity index (χ1v) is 10.7. The van der Waals surface area contributed by atoms with E-state index in [9.17, 15) is 9.59 Å². The number of thioether (sulfide) groups is 1. The summed E-state index contributed by atoms with van der Waals surface area (Å²) >= 11 is 1.64. The van der Waals surface area contributed by atoms with Gasteiger partial charge in [-0.2, -0.15) is 11.8 Å². The van der Waals surface area contributed by atoms with Crippen LogP contribution in [0.1, 0.15) is 48.7 Å². The Bertz CT molecular complexity index is 796. The molecule has 1 unspecified atom stereocenters. The van der Waals surface area contributed by atoms with E-state index in [2.05, 4.69) is 36.4 Å². The molecule has 28 heavy (non-hydrogen) atoms. The Morgan fingerprint density at radius 1 is 1.11 bits per heavy atom. The normalized spacial score (nSPS) is 12.3. The average Bonchev–Trinajstić information content (AvgIpc) is 2.66. The van der Waals surface area contributed by atoms with Crippen LogP contribution < -0.4 is 10.6 Å². The van der Waals surface area contributed by atoms with E-state index in [0.717, 1.165) is 16.9 Å². The number of aryl methyl sites for hydroxylation is 1. The van der Waals surface area contributed by atoms with Crippen molar-refractivity contribution in [3.63, 3.8) is 0 Å². The molecule has 5 nitrogen and oxygen atoms in total. The maximum Gasteiger partial charge on any atom is 0.251 e. The van der Waals surface area contributed by atoms with E-state index < -0.39 is 6.04 Å². The van der Waals surface area contributed by atoms with Crippen molar-refractivity contribution >= 4 is 29.4 Å². The quantitative estimate of drug-likeness (QED) is 0.733. The van der Waals surface area contributed by atoms with E-state index in [1.165, 1.54) is 0 Å². The van der Waals surface area contributed by atoms with Crippen molar-refractivity contribution in [2.45, 2.75) is 45.6 Å². The zero-order valence-electron chi connectivity index (χ0n) is 17.2. The highest BCUT2D eigenvalue weighted by Gasteiger charge is 2.22. The van der Waals surface area contributed by atoms with Gasteiger partial charge in [0.05, 0.1) is 0 Å². The van der Waals surface area contributed by atoms with E-state index in [0.29, 0.717) is 17.8 Å². The number of pyridine rings is 1. The third kappa shape index (κ3) is 6.37. The SMILES string of the molecule is CSCCC(NC(=O)c1ccc(C(C)(C)C)cc1)C(=O)Nc1ccc(C)cn1. The molecule has 2 amide bonds. The fraction of sp³-hybridized carbons (Fsp3) is 0.409. The van der Waals surface area contributed by atoms with Gasteiger partial charge in [-0.05, 0) is 60.1 Å². The fourth-order valence-electron chi connectivity index (χ4n) is 2.62. The van der Waals surface area contributed by atoms with Crippen LogP contribution in [0.3, 0.4) is 0 Å². The van der Waals surface area contributed by atoms with Crippen LogP contribution in [0.25, 0.3) is 0 Å². The summed E-state index contributed by atoms with van der Waals surface area (Å²) < 4.78 is 0. The number of aromatic nitrogens is 1. The number of hydrogen-bond acceptors (Lipinski definition) is 4. The minimum Gasteiger partial charge on any atom is -0.340 e. The van der Waals surface area contributed by atoms with Gasteiger partial charge in [-0.1, -0.05) is 39.0 Å². The lowest BCUT2D eigenvalue weighted by atomic mass is 9.86. The van der Waals surface area contributed by atoms with Crippen LogP contribution in [0.15, 0.2) is 42.6 Å². The molecule has 0 aliphatic carbocycles. The molecule has 1 aromatic heterocycles. The number of nitrogens with zero attached hydrogens (tertiary/aromatic N) is 1. The van der Waals surface area contributed by atoms with Crippen molar-refractivity contribution in [3.05, 3.63) is 59.3 Å². The van der Waals surface area contributed by atoms with E-state index in [-0.39, 0.29) is 17.2 Å². The fourth-order valence-corrected chi connectivity index (χ4v) is 3.09. The van der Waals surface area contributed by atoms with Crippen molar-refractivity contribution in [3.8, 4) is 0 Å². The molecule has 150 valence electrons. The summed E-state index contributed by atoms with van der Waals surface area (Å²) in [5, 5.41) is 5.66. The predicted molar refractivity (Wildman–Crippen MR) is 117 cm³/mol. The van der Waals surface area contributed by atoms with Crippen LogP contribution >= 0.6 is 11.8 Å². The highest BCUT2D eigenvalue weighted by Crippen LogP contribution is 2.22. The Kier molecular flexibility index (Phi) is 7.63. The zero-order chi connectivity index (χ0) is 20.7. The summed E-state index contributed by atoms with van der Waals surface area (Å²) in [6.45, 7) is 8.32. The van der Waals surface area contributed by atoms with Crippen molar-refractivity contribution in [1.29, 1.82) is 0 Å². The number of nitrogens with one attached hydrogen (secondary N) is 2. The van der Waals surface area contributed by atoms with Crippen LogP contribution in [-0.2, 0) is 10.2 Å². The number of amides is 2. The molecule has 0 radical (unpaired) electrons. The first-order chi connectivity index (χ1) is 13.2. The van der Waals surface area contributed by atoms with Gasteiger partial charge in [0.1, 0.15) is 11.9 Å². The molecule has 6 heteroatoms. The zero-order valence-corrected chi connectivity index (χ0v) is 18.0. The van der Waals surface area contributed by atoms with Crippen molar-refractivity contribution in [2.75, 3.05) is 17.3 Å². The van der Waals surface area contributed by atoms with Crippen molar-refractivity contribution in [2.24, 2.45) is 0 Å². The molecule has 2 N–H and O–H groups in total. The summed E-state index contributed by atoms with van der Waals surface area (Å²) in [5.41, 5.74) is 2.75. The standard InChI is InChI=1S/C22H29N3O2S/c1-15-6-11-19(23-14-15)25-21(27)18(12-13-28-5)24-20(26)16-7-9-17(10-8-16)22(2,3)4/h6-11,14,18H,12-13H2,1-5H3,(H,24,26)(H,23,25,27). The Morgan fingerprint density at radius 3 is 2.32 bits per heavy atom. The topological polar surface area (TPSA) is 71.1 Å². The first-order valence-electron chi connectivity index (χ1n) is 9.34. The second-order valence-electron chi connectivity index (χ2n) is 7.84. The number of benzene rings is 1. The molecule has 2 aromatic rings. The van der Waals surface area contributed by atoms with Gasteiger partial charge < -0.3 is 10.6 Å². The van der Waals surface area contributed by atoms with Crippen LogP contribution in [0, 0.1) is 6.92 Å². The van der Waals surface area contributed by atoms with Gasteiger partial charge in [0.25, 0.3) is 5.91 Å². The van der Waals surface area contributed by atoms with E-state index in [4.69, 9.17) is 0 Å². The van der Waals surface area contributed by atoms with Gasteiger partial charge in [0, 0.05) is 11.8 Å². The Balaban J connectivity index is 2.08. The molecule has 1 aromatic carbocycles. The second kappa shape index (κ2) is 9.73. The molecular weight excluding hydrogens is 370 g/mol. The van der Waals surface area contributed by atoms with Gasteiger partial charge in [-0.15, -0.1) is 0 Å². The van der Waals surface area contributed by atoms with E-state index in [1.807, 2.05) is 31.4 Å². The van der Waals surface area contributed by atoms with Gasteiger partial charge in [0.15, 0.2) is 0 Å². The monoisotopic (exact) mass is 399 g/mol. The first kappa shape index (κ1) is 22.0. The molecule has 0 saturated carbocycles. The summed E-state index contributed by atoms with van der Waals surface area (Å²) in [6.07, 6.45) is 4.22. The number of anilines is 1. The lowest BCUT2D eigenvalue weighted by Crippen LogP contribution is -2.44. The van der Waals surface area contributed by atoms with E-state index >= 15 is 0 Å². The van der Waals surface area contributed by atoms with E-state index in [1.54, 1.807) is 36.2 Å². The molecular formula is C22H29N3O2S. The van der Waals surface area contributed by atoms with Crippen LogP contribution in [0.5, 0.6) is 0 Å². The Morgan fingerprint density at radius 2 is 1.79 bits per heavy atom. The molecule has 0 fully saturated rings. The number of carbonyl (C=O) groups excluding carboxylic acids is 2. The Labute approximate surface area is 171 Å². The Hall–Kier alpha value is -2.34. The summed E-state index contributed by atoms with van der Waals surface area (Å²) in [7, 11) is 0. The lowest BCUT2D eigenvalue weighted by molar-refractivity contribution is -0.118. The third-order valence-electron chi connectivity index (χ3n) is 4.41. The summed E-state index contributed by atoms with van der Waals surface area (Å²) in [5.74, 6) is 0.736. The molecule has 0 aliphatic rings. The molecule has 0 spiro atoms. The molecule has 1 atom stereocenters. The van der Waals surface area contributed by atoms with Gasteiger partial charge in [-0.25, -0.2) is 4.98 Å². The minimum absolute atomic E-state index is 0.0246. The highest BCUT2D eigenvalue weighted by molar-refractivity contribution is 7.98. The third-order valence-corrected chi connectivity index (χ3v) is 5.05. The predicted octanol–water partition coefficient (Wildman–Crippen LogP) is 4.18. The van der Waals surface area contributed by atoms with Gasteiger partial charge >= 0.3 is 0 Å². The maximum atomic E-state index is 12.7.